The molecule has 3 nitrogen and oxygen atoms in total. The fraction of sp³-hybridized carbons (Fsp3) is 0.615. The normalized spacial score (nSPS) is 16.4. The first kappa shape index (κ1) is 15.5. The molecule has 1 atom stereocenters. The Labute approximate surface area is 134 Å². The van der Waals surface area contributed by atoms with E-state index in [-0.39, 0.29) is 5.91 Å². The maximum Gasteiger partial charge on any atom is 0.264 e. The molecule has 0 spiro atoms. The summed E-state index contributed by atoms with van der Waals surface area (Å²) in [6.45, 7) is 3.37. The summed E-state index contributed by atoms with van der Waals surface area (Å²) >= 11 is 8.34. The molecule has 1 aromatic rings. The number of amides is 1. The summed E-state index contributed by atoms with van der Waals surface area (Å²) in [6.07, 6.45) is 2.46. The van der Waals surface area contributed by atoms with Crippen LogP contribution in [-0.4, -0.2) is 37.1 Å². The molecule has 0 radical (unpaired) electrons. The van der Waals surface area contributed by atoms with Gasteiger partial charge in [0.1, 0.15) is 0 Å². The second kappa shape index (κ2) is 6.70. The van der Waals surface area contributed by atoms with E-state index in [0.717, 1.165) is 13.1 Å². The highest BCUT2D eigenvalue weighted by atomic mass is 79.9. The van der Waals surface area contributed by atoms with Crippen molar-refractivity contribution < 1.29 is 9.53 Å². The summed E-state index contributed by atoms with van der Waals surface area (Å²) in [5.41, 5.74) is 0. The van der Waals surface area contributed by atoms with Crippen LogP contribution < -0.4 is 0 Å². The van der Waals surface area contributed by atoms with Crippen molar-refractivity contribution in [3.8, 4) is 0 Å². The highest BCUT2D eigenvalue weighted by Crippen LogP contribution is 2.37. The molecule has 19 heavy (non-hydrogen) atoms. The molecule has 2 rings (SSSR count). The molecule has 1 fully saturated rings. The van der Waals surface area contributed by atoms with Gasteiger partial charge >= 0.3 is 0 Å². The smallest absolute Gasteiger partial charge is 0.264 e. The number of nitrogens with zero attached hydrogens (tertiary/aromatic N) is 1. The van der Waals surface area contributed by atoms with Gasteiger partial charge in [-0.2, -0.15) is 0 Å². The van der Waals surface area contributed by atoms with Crippen molar-refractivity contribution in [3.63, 3.8) is 0 Å². The molecular formula is C13H17Br2NO2S. The fourth-order valence-corrected chi connectivity index (χ4v) is 4.10. The van der Waals surface area contributed by atoms with Crippen LogP contribution in [0.4, 0.5) is 0 Å². The molecule has 1 saturated carbocycles. The molecule has 1 amide bonds. The van der Waals surface area contributed by atoms with E-state index in [1.165, 1.54) is 24.2 Å². The minimum Gasteiger partial charge on any atom is -0.383 e. The van der Waals surface area contributed by atoms with Gasteiger partial charge in [-0.05, 0) is 63.6 Å². The van der Waals surface area contributed by atoms with E-state index in [1.807, 2.05) is 11.0 Å². The summed E-state index contributed by atoms with van der Waals surface area (Å²) in [4.78, 5) is 15.3. The Morgan fingerprint density at radius 3 is 2.74 bits per heavy atom. The molecule has 0 aliphatic heterocycles. The van der Waals surface area contributed by atoms with Crippen LogP contribution >= 0.6 is 43.2 Å². The van der Waals surface area contributed by atoms with Crippen molar-refractivity contribution in [1.29, 1.82) is 0 Å². The average Bonchev–Trinajstić information content (AvgIpc) is 3.17. The quantitative estimate of drug-likeness (QED) is 0.704. The van der Waals surface area contributed by atoms with Crippen molar-refractivity contribution in [2.75, 3.05) is 20.3 Å². The standard InChI is InChI=1S/C13H17Br2NO2S/c1-8(9-3-4-9)16(5-6-18-2)13(17)11-7-10(14)12(15)19-11/h7-9H,3-6H2,1-2H3. The van der Waals surface area contributed by atoms with E-state index in [0.29, 0.717) is 25.1 Å². The molecule has 1 aromatic heterocycles. The molecule has 106 valence electrons. The number of hydrogen-bond acceptors (Lipinski definition) is 3. The molecule has 0 bridgehead atoms. The van der Waals surface area contributed by atoms with Crippen LogP contribution in [0.25, 0.3) is 0 Å². The van der Waals surface area contributed by atoms with E-state index in [1.54, 1.807) is 7.11 Å². The van der Waals surface area contributed by atoms with Crippen LogP contribution in [0.2, 0.25) is 0 Å². The summed E-state index contributed by atoms with van der Waals surface area (Å²) < 4.78 is 7.03. The molecule has 0 N–H and O–H groups in total. The second-order valence-corrected chi connectivity index (χ2v) is 8.03. The first-order valence-electron chi connectivity index (χ1n) is 6.29. The van der Waals surface area contributed by atoms with E-state index < -0.39 is 0 Å². The number of hydrogen-bond donors (Lipinski definition) is 0. The Bertz CT molecular complexity index is 440. The SMILES string of the molecule is COCCN(C(=O)c1cc(Br)c(Br)s1)C(C)C1CC1. The zero-order chi connectivity index (χ0) is 14.0. The Kier molecular flexibility index (Phi) is 5.45. The number of carbonyl (C=O) groups is 1. The zero-order valence-corrected chi connectivity index (χ0v) is 15.0. The van der Waals surface area contributed by atoms with Crippen molar-refractivity contribution in [3.05, 3.63) is 19.2 Å². The highest BCUT2D eigenvalue weighted by Gasteiger charge is 2.34. The lowest BCUT2D eigenvalue weighted by Crippen LogP contribution is -2.41. The molecule has 0 saturated heterocycles. The molecule has 1 unspecified atom stereocenters. The maximum atomic E-state index is 12.6. The zero-order valence-electron chi connectivity index (χ0n) is 11.0. The van der Waals surface area contributed by atoms with Gasteiger partial charge in [-0.25, -0.2) is 0 Å². The minimum atomic E-state index is 0.104. The Morgan fingerprint density at radius 1 is 1.58 bits per heavy atom. The van der Waals surface area contributed by atoms with Gasteiger partial charge < -0.3 is 9.64 Å². The third kappa shape index (κ3) is 3.80. The van der Waals surface area contributed by atoms with Crippen molar-refractivity contribution in [1.82, 2.24) is 4.90 Å². The minimum absolute atomic E-state index is 0.104. The van der Waals surface area contributed by atoms with Gasteiger partial charge in [0.25, 0.3) is 5.91 Å². The third-order valence-electron chi connectivity index (χ3n) is 3.45. The number of carbonyl (C=O) groups excluding carboxylic acids is 1. The number of thiophene rings is 1. The van der Waals surface area contributed by atoms with Gasteiger partial charge in [-0.15, -0.1) is 11.3 Å². The summed E-state index contributed by atoms with van der Waals surface area (Å²) in [6, 6.07) is 2.18. The predicted molar refractivity (Wildman–Crippen MR) is 84.8 cm³/mol. The van der Waals surface area contributed by atoms with Gasteiger partial charge in [-0.1, -0.05) is 0 Å². The summed E-state index contributed by atoms with van der Waals surface area (Å²) in [5.74, 6) is 0.764. The molecule has 1 aliphatic carbocycles. The lowest BCUT2D eigenvalue weighted by atomic mass is 10.1. The second-order valence-electron chi connectivity index (χ2n) is 4.80. The maximum absolute atomic E-state index is 12.6. The van der Waals surface area contributed by atoms with E-state index >= 15 is 0 Å². The summed E-state index contributed by atoms with van der Waals surface area (Å²) in [7, 11) is 1.67. The van der Waals surface area contributed by atoms with Gasteiger partial charge in [0, 0.05) is 24.2 Å². The summed E-state index contributed by atoms with van der Waals surface area (Å²) in [5, 5.41) is 0. The van der Waals surface area contributed by atoms with Gasteiger partial charge in [0.2, 0.25) is 0 Å². The molecule has 0 aromatic carbocycles. The third-order valence-corrected chi connectivity index (χ3v) is 6.69. The van der Waals surface area contributed by atoms with E-state index in [4.69, 9.17) is 4.74 Å². The van der Waals surface area contributed by atoms with Gasteiger partial charge in [-0.3, -0.25) is 4.79 Å². The predicted octanol–water partition coefficient (Wildman–Crippen LogP) is 4.16. The molecule has 6 heteroatoms. The first-order chi connectivity index (χ1) is 9.04. The van der Waals surface area contributed by atoms with E-state index in [9.17, 15) is 4.79 Å². The highest BCUT2D eigenvalue weighted by molar-refractivity contribution is 9.13. The van der Waals surface area contributed by atoms with Crippen LogP contribution in [0.15, 0.2) is 14.3 Å². The fourth-order valence-electron chi connectivity index (χ4n) is 2.11. The van der Waals surface area contributed by atoms with Gasteiger partial charge in [0.05, 0.1) is 15.3 Å². The van der Waals surface area contributed by atoms with Crippen LogP contribution in [0.3, 0.4) is 0 Å². The van der Waals surface area contributed by atoms with Crippen LogP contribution in [0.1, 0.15) is 29.4 Å². The number of halogens is 2. The van der Waals surface area contributed by atoms with E-state index in [2.05, 4.69) is 38.8 Å². The van der Waals surface area contributed by atoms with Gasteiger partial charge in [0.15, 0.2) is 0 Å². The molecular weight excluding hydrogens is 394 g/mol. The van der Waals surface area contributed by atoms with Crippen molar-refractivity contribution in [2.45, 2.75) is 25.8 Å². The largest absolute Gasteiger partial charge is 0.383 e. The molecule has 1 heterocycles. The lowest BCUT2D eigenvalue weighted by Gasteiger charge is -2.28. The molecule has 1 aliphatic rings. The van der Waals surface area contributed by atoms with Crippen LogP contribution in [-0.2, 0) is 4.74 Å². The Balaban J connectivity index is 2.13. The Hall–Kier alpha value is 0.0900. The van der Waals surface area contributed by atoms with Crippen LogP contribution in [0.5, 0.6) is 0 Å². The first-order valence-corrected chi connectivity index (χ1v) is 8.69. The van der Waals surface area contributed by atoms with Crippen molar-refractivity contribution >= 4 is 49.1 Å². The monoisotopic (exact) mass is 409 g/mol. The van der Waals surface area contributed by atoms with Crippen LogP contribution in [0, 0.1) is 5.92 Å². The Morgan fingerprint density at radius 2 is 2.26 bits per heavy atom. The number of ether oxygens (including phenoxy) is 1. The number of rotatable bonds is 6. The topological polar surface area (TPSA) is 29.5 Å². The lowest BCUT2D eigenvalue weighted by molar-refractivity contribution is 0.0599. The number of methoxy groups -OCH3 is 1. The average molecular weight is 411 g/mol. The van der Waals surface area contributed by atoms with Crippen molar-refractivity contribution in [2.24, 2.45) is 5.92 Å².